The van der Waals surface area contributed by atoms with Gasteiger partial charge in [-0.1, -0.05) is 48.5 Å². The largest absolute Gasteiger partial charge is 0.489 e. The quantitative estimate of drug-likeness (QED) is 0.511. The Labute approximate surface area is 161 Å². The molecule has 0 unspecified atom stereocenters. The van der Waals surface area contributed by atoms with Crippen LogP contribution in [-0.2, 0) is 13.2 Å². The third-order valence-corrected chi connectivity index (χ3v) is 4.37. The Bertz CT molecular complexity index is 1110. The first-order chi connectivity index (χ1) is 13.7. The molecule has 5 heteroatoms. The highest BCUT2D eigenvalue weighted by Gasteiger charge is 2.21. The van der Waals surface area contributed by atoms with Gasteiger partial charge >= 0.3 is 0 Å². The summed E-state index contributed by atoms with van der Waals surface area (Å²) >= 11 is 0. The Morgan fingerprint density at radius 1 is 0.964 bits per heavy atom. The van der Waals surface area contributed by atoms with Gasteiger partial charge in [-0.2, -0.15) is 0 Å². The maximum absolute atomic E-state index is 13.3. The van der Waals surface area contributed by atoms with Gasteiger partial charge < -0.3 is 14.5 Å². The molecule has 0 spiro atoms. The molecule has 4 rings (SSSR count). The van der Waals surface area contributed by atoms with Crippen LogP contribution in [0.25, 0.3) is 11.0 Å². The standard InChI is InChI=1S/C23H18FNO3/c24-17-8-6-7-16(13-17)14-25-23(26)22-20(15-27-18-9-2-1-3-10-18)19-11-4-5-12-21(19)28-22/h1-13H,14-15H2,(H,25,26). The number of amides is 1. The third-order valence-electron chi connectivity index (χ3n) is 4.37. The zero-order valence-electron chi connectivity index (χ0n) is 15.0. The number of para-hydroxylation sites is 2. The summed E-state index contributed by atoms with van der Waals surface area (Å²) < 4.78 is 25.0. The number of hydrogen-bond donors (Lipinski definition) is 1. The van der Waals surface area contributed by atoms with Crippen LogP contribution in [0.1, 0.15) is 21.7 Å². The van der Waals surface area contributed by atoms with E-state index >= 15 is 0 Å². The van der Waals surface area contributed by atoms with E-state index in [-0.39, 0.29) is 30.6 Å². The summed E-state index contributed by atoms with van der Waals surface area (Å²) in [5.41, 5.74) is 1.97. The predicted molar refractivity (Wildman–Crippen MR) is 105 cm³/mol. The van der Waals surface area contributed by atoms with Crippen molar-refractivity contribution in [1.29, 1.82) is 0 Å². The number of halogens is 1. The van der Waals surface area contributed by atoms with Crippen LogP contribution in [0, 0.1) is 5.82 Å². The molecule has 0 saturated heterocycles. The summed E-state index contributed by atoms with van der Waals surface area (Å²) in [6, 6.07) is 22.9. The minimum Gasteiger partial charge on any atom is -0.489 e. The summed E-state index contributed by atoms with van der Waals surface area (Å²) in [6.45, 7) is 0.399. The van der Waals surface area contributed by atoms with E-state index in [2.05, 4.69) is 5.32 Å². The molecule has 4 aromatic rings. The minimum atomic E-state index is -0.368. The molecule has 140 valence electrons. The molecule has 1 N–H and O–H groups in total. The number of benzene rings is 3. The Hall–Kier alpha value is -3.60. The second-order valence-electron chi connectivity index (χ2n) is 6.32. The highest BCUT2D eigenvalue weighted by atomic mass is 19.1. The van der Waals surface area contributed by atoms with Crippen LogP contribution in [0.3, 0.4) is 0 Å². The number of furan rings is 1. The average molecular weight is 375 g/mol. The summed E-state index contributed by atoms with van der Waals surface area (Å²) in [4.78, 5) is 12.8. The van der Waals surface area contributed by atoms with Gasteiger partial charge in [0.25, 0.3) is 5.91 Å². The van der Waals surface area contributed by atoms with Crippen LogP contribution in [0.5, 0.6) is 5.75 Å². The van der Waals surface area contributed by atoms with Crippen molar-refractivity contribution >= 4 is 16.9 Å². The summed E-state index contributed by atoms with van der Waals surface area (Å²) in [5, 5.41) is 3.62. The Morgan fingerprint density at radius 2 is 1.75 bits per heavy atom. The van der Waals surface area contributed by atoms with Crippen molar-refractivity contribution in [3.63, 3.8) is 0 Å². The van der Waals surface area contributed by atoms with Gasteiger partial charge in [-0.25, -0.2) is 4.39 Å². The smallest absolute Gasteiger partial charge is 0.287 e. The molecule has 0 radical (unpaired) electrons. The lowest BCUT2D eigenvalue weighted by atomic mass is 10.1. The third kappa shape index (κ3) is 3.88. The zero-order valence-corrected chi connectivity index (χ0v) is 15.0. The van der Waals surface area contributed by atoms with E-state index in [9.17, 15) is 9.18 Å². The lowest BCUT2D eigenvalue weighted by Crippen LogP contribution is -2.23. The topological polar surface area (TPSA) is 51.5 Å². The number of carbonyl (C=O) groups is 1. The van der Waals surface area contributed by atoms with Crippen LogP contribution in [0.15, 0.2) is 83.3 Å². The maximum atomic E-state index is 13.3. The van der Waals surface area contributed by atoms with Crippen LogP contribution in [0.4, 0.5) is 4.39 Å². The molecule has 28 heavy (non-hydrogen) atoms. The van der Waals surface area contributed by atoms with Crippen molar-refractivity contribution in [2.75, 3.05) is 0 Å². The molecular weight excluding hydrogens is 357 g/mol. The summed E-state index contributed by atoms with van der Waals surface area (Å²) in [5.74, 6) is 0.201. The molecule has 0 atom stereocenters. The van der Waals surface area contributed by atoms with Gasteiger partial charge in [0.15, 0.2) is 5.76 Å². The number of carbonyl (C=O) groups excluding carboxylic acids is 1. The molecule has 0 bridgehead atoms. The number of ether oxygens (including phenoxy) is 1. The monoisotopic (exact) mass is 375 g/mol. The lowest BCUT2D eigenvalue weighted by molar-refractivity contribution is 0.0922. The van der Waals surface area contributed by atoms with Crippen LogP contribution in [-0.4, -0.2) is 5.91 Å². The molecular formula is C23H18FNO3. The van der Waals surface area contributed by atoms with E-state index in [4.69, 9.17) is 9.15 Å². The van der Waals surface area contributed by atoms with Gasteiger partial charge in [-0.3, -0.25) is 4.79 Å². The van der Waals surface area contributed by atoms with Gasteiger partial charge in [0.2, 0.25) is 0 Å². The molecule has 1 aromatic heterocycles. The predicted octanol–water partition coefficient (Wildman–Crippen LogP) is 5.08. The highest BCUT2D eigenvalue weighted by molar-refractivity contribution is 5.99. The fourth-order valence-corrected chi connectivity index (χ4v) is 3.01. The first-order valence-corrected chi connectivity index (χ1v) is 8.91. The Morgan fingerprint density at radius 3 is 2.57 bits per heavy atom. The minimum absolute atomic E-state index is 0.198. The van der Waals surface area contributed by atoms with Crippen LogP contribution < -0.4 is 10.1 Å². The van der Waals surface area contributed by atoms with Crippen LogP contribution in [0.2, 0.25) is 0 Å². The van der Waals surface area contributed by atoms with Crippen LogP contribution >= 0.6 is 0 Å². The van der Waals surface area contributed by atoms with Gasteiger partial charge in [0.05, 0.1) is 0 Å². The normalized spacial score (nSPS) is 10.8. The van der Waals surface area contributed by atoms with Gasteiger partial charge in [0.1, 0.15) is 23.8 Å². The van der Waals surface area contributed by atoms with E-state index < -0.39 is 0 Å². The first kappa shape index (κ1) is 17.8. The SMILES string of the molecule is O=C(NCc1cccc(F)c1)c1oc2ccccc2c1COc1ccccc1. The lowest BCUT2D eigenvalue weighted by Gasteiger charge is -2.08. The van der Waals surface area contributed by atoms with E-state index in [1.807, 2.05) is 54.6 Å². The number of nitrogens with one attached hydrogen (secondary N) is 1. The first-order valence-electron chi connectivity index (χ1n) is 8.91. The van der Waals surface area contributed by atoms with Crippen molar-refractivity contribution in [3.8, 4) is 5.75 Å². The molecule has 4 nitrogen and oxygen atoms in total. The molecule has 0 saturated carbocycles. The van der Waals surface area contributed by atoms with Gasteiger partial charge in [-0.15, -0.1) is 0 Å². The average Bonchev–Trinajstić information content (AvgIpc) is 3.10. The molecule has 3 aromatic carbocycles. The van der Waals surface area contributed by atoms with Crippen molar-refractivity contribution < 1.29 is 18.3 Å². The molecule has 0 aliphatic heterocycles. The van der Waals surface area contributed by atoms with E-state index in [0.717, 1.165) is 5.39 Å². The van der Waals surface area contributed by atoms with Crippen molar-refractivity contribution in [2.45, 2.75) is 13.2 Å². The summed E-state index contributed by atoms with van der Waals surface area (Å²) in [7, 11) is 0. The van der Waals surface area contributed by atoms with Crippen molar-refractivity contribution in [1.82, 2.24) is 5.32 Å². The van der Waals surface area contributed by atoms with Crippen molar-refractivity contribution in [2.24, 2.45) is 0 Å². The van der Waals surface area contributed by atoms with Gasteiger partial charge in [-0.05, 0) is 35.9 Å². The zero-order chi connectivity index (χ0) is 19.3. The molecule has 0 fully saturated rings. The molecule has 1 heterocycles. The Balaban J connectivity index is 1.57. The number of hydrogen-bond acceptors (Lipinski definition) is 3. The van der Waals surface area contributed by atoms with Crippen molar-refractivity contribution in [3.05, 3.63) is 102 Å². The number of fused-ring (bicyclic) bond motifs is 1. The molecule has 0 aliphatic carbocycles. The number of rotatable bonds is 6. The second-order valence-corrected chi connectivity index (χ2v) is 6.32. The van der Waals surface area contributed by atoms with E-state index in [0.29, 0.717) is 22.5 Å². The fourth-order valence-electron chi connectivity index (χ4n) is 3.01. The maximum Gasteiger partial charge on any atom is 0.287 e. The Kier molecular flexibility index (Phi) is 5.06. The second kappa shape index (κ2) is 7.96. The van der Waals surface area contributed by atoms with E-state index in [1.54, 1.807) is 12.1 Å². The van der Waals surface area contributed by atoms with Gasteiger partial charge in [0, 0.05) is 17.5 Å². The fraction of sp³-hybridized carbons (Fsp3) is 0.0870. The summed E-state index contributed by atoms with van der Waals surface area (Å²) in [6.07, 6.45) is 0. The molecule has 1 amide bonds. The molecule has 0 aliphatic rings. The van der Waals surface area contributed by atoms with E-state index in [1.165, 1.54) is 12.1 Å². The highest BCUT2D eigenvalue weighted by Crippen LogP contribution is 2.27.